The summed E-state index contributed by atoms with van der Waals surface area (Å²) >= 11 is 0. The zero-order chi connectivity index (χ0) is 16.2. The molecule has 0 bridgehead atoms. The van der Waals surface area contributed by atoms with Crippen LogP contribution >= 0.6 is 0 Å². The number of rotatable bonds is 7. The fourth-order valence-corrected chi connectivity index (χ4v) is 2.71. The Kier molecular flexibility index (Phi) is 5.22. The monoisotopic (exact) mass is 318 g/mol. The van der Waals surface area contributed by atoms with Gasteiger partial charge in [0.25, 0.3) is 0 Å². The third-order valence-electron chi connectivity index (χ3n) is 2.70. The van der Waals surface area contributed by atoms with Crippen molar-refractivity contribution in [2.24, 2.45) is 0 Å². The fourth-order valence-electron chi connectivity index (χ4n) is 1.52. The first-order valence-corrected chi connectivity index (χ1v) is 7.14. The van der Waals surface area contributed by atoms with Crippen molar-refractivity contribution < 1.29 is 28.0 Å². The number of nitrogens with zero attached hydrogens (tertiary/aromatic N) is 2. The van der Waals surface area contributed by atoms with Crippen LogP contribution in [0.5, 0.6) is 5.75 Å². The molecule has 0 atom stereocenters. The third kappa shape index (κ3) is 3.89. The summed E-state index contributed by atoms with van der Waals surface area (Å²) in [6.07, 6.45) is -0.347. The number of carboxylic acids is 1. The molecule has 0 saturated carbocycles. The molecular weight excluding hydrogens is 304 g/mol. The molecule has 0 aliphatic rings. The van der Waals surface area contributed by atoms with Gasteiger partial charge in [-0.2, -0.15) is 0 Å². The normalized spacial score (nSPS) is 11.4. The molecule has 0 radical (unpaired) electrons. The van der Waals surface area contributed by atoms with Gasteiger partial charge in [0.2, 0.25) is 10.0 Å². The predicted molar refractivity (Wildman–Crippen MR) is 71.7 cm³/mol. The number of ether oxygens (including phenoxy) is 1. The highest BCUT2D eigenvalue weighted by molar-refractivity contribution is 7.89. The molecule has 0 aliphatic carbocycles. The Morgan fingerprint density at radius 1 is 1.48 bits per heavy atom. The largest absolute Gasteiger partial charge is 0.490 e. The Morgan fingerprint density at radius 2 is 2.10 bits per heavy atom. The van der Waals surface area contributed by atoms with Gasteiger partial charge in [0.05, 0.1) is 23.3 Å². The summed E-state index contributed by atoms with van der Waals surface area (Å²) in [6.45, 7) is -0.211. The summed E-state index contributed by atoms with van der Waals surface area (Å²) in [6, 6.07) is 3.13. The van der Waals surface area contributed by atoms with Crippen LogP contribution in [-0.4, -0.2) is 49.4 Å². The SMILES string of the molecule is COc1cc(S(=O)(=O)N(C)CCC(=O)O)ccc1[N+](=O)[O-]. The molecule has 0 heterocycles. The topological polar surface area (TPSA) is 127 Å². The number of carboxylic acid groups (broad SMARTS) is 1. The number of nitro groups is 1. The van der Waals surface area contributed by atoms with Gasteiger partial charge in [0.15, 0.2) is 5.75 Å². The maximum absolute atomic E-state index is 12.2. The van der Waals surface area contributed by atoms with E-state index in [9.17, 15) is 23.3 Å². The van der Waals surface area contributed by atoms with Gasteiger partial charge in [-0.05, 0) is 6.07 Å². The first-order valence-electron chi connectivity index (χ1n) is 5.70. The zero-order valence-corrected chi connectivity index (χ0v) is 12.2. The van der Waals surface area contributed by atoms with E-state index in [0.29, 0.717) is 0 Å². The zero-order valence-electron chi connectivity index (χ0n) is 11.3. The Hall–Kier alpha value is -2.20. The molecule has 1 aromatic rings. The van der Waals surface area contributed by atoms with Crippen LogP contribution in [0.3, 0.4) is 0 Å². The van der Waals surface area contributed by atoms with E-state index in [2.05, 4.69) is 0 Å². The van der Waals surface area contributed by atoms with E-state index in [0.717, 1.165) is 22.5 Å². The molecule has 0 amide bonds. The molecule has 0 saturated heterocycles. The van der Waals surface area contributed by atoms with Gasteiger partial charge in [0.1, 0.15) is 0 Å². The molecule has 116 valence electrons. The van der Waals surface area contributed by atoms with Crippen molar-refractivity contribution in [1.82, 2.24) is 4.31 Å². The number of hydrogen-bond acceptors (Lipinski definition) is 6. The van der Waals surface area contributed by atoms with E-state index in [1.807, 2.05) is 0 Å². The molecule has 0 aliphatic heterocycles. The Bertz CT molecular complexity index is 657. The standard InChI is InChI=1S/C11H14N2O7S/c1-12(6-5-11(14)15)21(18,19)8-3-4-9(13(16)17)10(7-8)20-2/h3-4,7H,5-6H2,1-2H3,(H,14,15). The second-order valence-corrected chi connectivity index (χ2v) is 6.11. The average molecular weight is 318 g/mol. The number of sulfonamides is 1. The quantitative estimate of drug-likeness (QED) is 0.579. The van der Waals surface area contributed by atoms with Crippen molar-refractivity contribution >= 4 is 21.7 Å². The van der Waals surface area contributed by atoms with E-state index < -0.39 is 20.9 Å². The minimum Gasteiger partial charge on any atom is -0.490 e. The van der Waals surface area contributed by atoms with Crippen LogP contribution in [-0.2, 0) is 14.8 Å². The summed E-state index contributed by atoms with van der Waals surface area (Å²) in [5, 5.41) is 19.3. The van der Waals surface area contributed by atoms with E-state index in [1.165, 1.54) is 14.2 Å². The minimum atomic E-state index is -3.94. The summed E-state index contributed by atoms with van der Waals surface area (Å²) in [7, 11) is -1.53. The lowest BCUT2D eigenvalue weighted by atomic mass is 10.3. The number of nitro benzene ring substituents is 1. The molecule has 0 unspecified atom stereocenters. The number of benzene rings is 1. The predicted octanol–water partition coefficient (Wildman–Crippen LogP) is 0.699. The highest BCUT2D eigenvalue weighted by Gasteiger charge is 2.25. The summed E-state index contributed by atoms with van der Waals surface area (Å²) in [5.74, 6) is -1.31. The van der Waals surface area contributed by atoms with Crippen molar-refractivity contribution in [3.63, 3.8) is 0 Å². The van der Waals surface area contributed by atoms with E-state index in [4.69, 9.17) is 9.84 Å². The number of carbonyl (C=O) groups is 1. The molecule has 0 aromatic heterocycles. The first kappa shape index (κ1) is 16.9. The molecule has 1 N–H and O–H groups in total. The van der Waals surface area contributed by atoms with Gasteiger partial charge in [-0.1, -0.05) is 0 Å². The lowest BCUT2D eigenvalue weighted by Crippen LogP contribution is -2.29. The summed E-state index contributed by atoms with van der Waals surface area (Å²) < 4.78 is 30.1. The lowest BCUT2D eigenvalue weighted by Gasteiger charge is -2.16. The minimum absolute atomic E-state index is 0.187. The second-order valence-electron chi connectivity index (χ2n) is 4.06. The van der Waals surface area contributed by atoms with Crippen LogP contribution in [0.2, 0.25) is 0 Å². The van der Waals surface area contributed by atoms with Crippen molar-refractivity contribution in [3.8, 4) is 5.75 Å². The van der Waals surface area contributed by atoms with Crippen LogP contribution in [0.25, 0.3) is 0 Å². The van der Waals surface area contributed by atoms with Crippen molar-refractivity contribution in [3.05, 3.63) is 28.3 Å². The highest BCUT2D eigenvalue weighted by Crippen LogP contribution is 2.30. The number of aliphatic carboxylic acids is 1. The van der Waals surface area contributed by atoms with Crippen LogP contribution in [0, 0.1) is 10.1 Å². The third-order valence-corrected chi connectivity index (χ3v) is 4.55. The van der Waals surface area contributed by atoms with E-state index in [-0.39, 0.29) is 29.3 Å². The van der Waals surface area contributed by atoms with Gasteiger partial charge in [-0.15, -0.1) is 0 Å². The summed E-state index contributed by atoms with van der Waals surface area (Å²) in [4.78, 5) is 20.3. The maximum Gasteiger partial charge on any atom is 0.310 e. The van der Waals surface area contributed by atoms with Crippen molar-refractivity contribution in [2.75, 3.05) is 20.7 Å². The molecule has 9 nitrogen and oxygen atoms in total. The Labute approximate surface area is 120 Å². The molecule has 0 fully saturated rings. The first-order chi connectivity index (χ1) is 9.70. The van der Waals surface area contributed by atoms with Gasteiger partial charge in [0, 0.05) is 25.7 Å². The van der Waals surface area contributed by atoms with E-state index in [1.54, 1.807) is 0 Å². The van der Waals surface area contributed by atoms with Gasteiger partial charge >= 0.3 is 11.7 Å². The highest BCUT2D eigenvalue weighted by atomic mass is 32.2. The molecule has 10 heteroatoms. The fraction of sp³-hybridized carbons (Fsp3) is 0.364. The van der Waals surface area contributed by atoms with Crippen LogP contribution in [0.15, 0.2) is 23.1 Å². The molecular formula is C11H14N2O7S. The van der Waals surface area contributed by atoms with Crippen LogP contribution in [0.4, 0.5) is 5.69 Å². The van der Waals surface area contributed by atoms with Gasteiger partial charge in [-0.3, -0.25) is 14.9 Å². The molecule has 0 spiro atoms. The van der Waals surface area contributed by atoms with Gasteiger partial charge in [-0.25, -0.2) is 12.7 Å². The second kappa shape index (κ2) is 6.50. The Balaban J connectivity index is 3.14. The number of hydrogen-bond donors (Lipinski definition) is 1. The van der Waals surface area contributed by atoms with Crippen molar-refractivity contribution in [2.45, 2.75) is 11.3 Å². The van der Waals surface area contributed by atoms with E-state index >= 15 is 0 Å². The molecule has 21 heavy (non-hydrogen) atoms. The summed E-state index contributed by atoms with van der Waals surface area (Å²) in [5.41, 5.74) is -0.357. The van der Waals surface area contributed by atoms with Crippen molar-refractivity contribution in [1.29, 1.82) is 0 Å². The Morgan fingerprint density at radius 3 is 2.57 bits per heavy atom. The maximum atomic E-state index is 12.2. The molecule has 1 aromatic carbocycles. The number of methoxy groups -OCH3 is 1. The average Bonchev–Trinajstić information content (AvgIpc) is 2.43. The van der Waals surface area contributed by atoms with Crippen LogP contribution in [0.1, 0.15) is 6.42 Å². The molecule has 1 rings (SSSR count). The van der Waals surface area contributed by atoms with Crippen LogP contribution < -0.4 is 4.74 Å². The lowest BCUT2D eigenvalue weighted by molar-refractivity contribution is -0.385. The van der Waals surface area contributed by atoms with Gasteiger partial charge < -0.3 is 9.84 Å². The smallest absolute Gasteiger partial charge is 0.310 e.